The second-order valence-corrected chi connectivity index (χ2v) is 6.71. The zero-order chi connectivity index (χ0) is 12.5. The zero-order valence-corrected chi connectivity index (χ0v) is 11.6. The lowest BCUT2D eigenvalue weighted by molar-refractivity contribution is -0.124. The molecule has 1 spiro atoms. The first-order chi connectivity index (χ1) is 7.97. The van der Waals surface area contributed by atoms with E-state index in [0.717, 1.165) is 30.9 Å². The van der Waals surface area contributed by atoms with Crippen LogP contribution in [-0.4, -0.2) is 35.5 Å². The van der Waals surface area contributed by atoms with Crippen LogP contribution in [0.4, 0.5) is 0 Å². The van der Waals surface area contributed by atoms with Crippen molar-refractivity contribution in [3.8, 4) is 0 Å². The Morgan fingerprint density at radius 3 is 2.82 bits per heavy atom. The van der Waals surface area contributed by atoms with Crippen LogP contribution in [0.3, 0.4) is 0 Å². The minimum atomic E-state index is -0.432. The van der Waals surface area contributed by atoms with Gasteiger partial charge in [-0.1, -0.05) is 20.8 Å². The van der Waals surface area contributed by atoms with Gasteiger partial charge in [-0.3, -0.25) is 15.1 Å². The third-order valence-corrected chi connectivity index (χ3v) is 4.82. The second-order valence-electron chi connectivity index (χ2n) is 5.73. The van der Waals surface area contributed by atoms with E-state index in [2.05, 4.69) is 36.4 Å². The van der Waals surface area contributed by atoms with Crippen molar-refractivity contribution in [3.05, 3.63) is 0 Å². The fraction of sp³-hybridized carbons (Fsp3) is 0.833. The SMILES string of the molecule is CCCN=C1NC(=O)C2(CSCC(C)(C)C2)N1. The quantitative estimate of drug-likeness (QED) is 0.783. The van der Waals surface area contributed by atoms with Gasteiger partial charge in [-0.25, -0.2) is 0 Å². The van der Waals surface area contributed by atoms with Gasteiger partial charge in [-0.15, -0.1) is 0 Å². The van der Waals surface area contributed by atoms with Crippen molar-refractivity contribution < 1.29 is 4.79 Å². The predicted octanol–water partition coefficient (Wildman–Crippen LogP) is 1.37. The molecule has 5 heteroatoms. The van der Waals surface area contributed by atoms with Gasteiger partial charge in [0.2, 0.25) is 0 Å². The Balaban J connectivity index is 2.13. The third-order valence-electron chi connectivity index (χ3n) is 3.14. The van der Waals surface area contributed by atoms with Crippen LogP contribution in [0.25, 0.3) is 0 Å². The van der Waals surface area contributed by atoms with Crippen molar-refractivity contribution in [2.75, 3.05) is 18.1 Å². The lowest BCUT2D eigenvalue weighted by atomic mass is 9.80. The van der Waals surface area contributed by atoms with Crippen LogP contribution < -0.4 is 10.6 Å². The minimum absolute atomic E-state index is 0.0904. The van der Waals surface area contributed by atoms with Crippen LogP contribution in [0.5, 0.6) is 0 Å². The summed E-state index contributed by atoms with van der Waals surface area (Å²) in [6.45, 7) is 7.28. The van der Waals surface area contributed by atoms with E-state index >= 15 is 0 Å². The maximum Gasteiger partial charge on any atom is 0.253 e. The van der Waals surface area contributed by atoms with Gasteiger partial charge >= 0.3 is 0 Å². The normalized spacial score (nSPS) is 33.8. The number of aliphatic imine (C=N–C) groups is 1. The number of carbonyl (C=O) groups is 1. The molecule has 96 valence electrons. The largest absolute Gasteiger partial charge is 0.341 e. The molecule has 2 saturated heterocycles. The molecule has 2 fully saturated rings. The van der Waals surface area contributed by atoms with Crippen LogP contribution in [0.15, 0.2) is 4.99 Å². The van der Waals surface area contributed by atoms with Gasteiger partial charge in [0.25, 0.3) is 5.91 Å². The molecular weight excluding hydrogens is 234 g/mol. The lowest BCUT2D eigenvalue weighted by Crippen LogP contribution is -2.55. The molecule has 0 aromatic heterocycles. The standard InChI is InChI=1S/C12H21N3OS/c1-4-5-13-10-14-9(16)12(15-10)6-11(2,3)7-17-8-12/h4-8H2,1-3H3,(H2,13,14,15,16). The smallest absolute Gasteiger partial charge is 0.253 e. The Hall–Kier alpha value is -0.710. The number of rotatable bonds is 2. The van der Waals surface area contributed by atoms with Gasteiger partial charge < -0.3 is 5.32 Å². The van der Waals surface area contributed by atoms with Crippen LogP contribution in [-0.2, 0) is 4.79 Å². The number of amides is 1. The minimum Gasteiger partial charge on any atom is -0.341 e. The molecule has 0 aliphatic carbocycles. The van der Waals surface area contributed by atoms with Crippen molar-refractivity contribution in [1.82, 2.24) is 10.6 Å². The fourth-order valence-electron chi connectivity index (χ4n) is 2.49. The average Bonchev–Trinajstić information content (AvgIpc) is 2.51. The summed E-state index contributed by atoms with van der Waals surface area (Å²) in [7, 11) is 0. The number of hydrogen-bond donors (Lipinski definition) is 2. The number of guanidine groups is 1. The Labute approximate surface area is 107 Å². The molecular formula is C12H21N3OS. The van der Waals surface area contributed by atoms with Gasteiger partial charge in [0.1, 0.15) is 5.54 Å². The first-order valence-corrected chi connectivity index (χ1v) is 7.35. The summed E-state index contributed by atoms with van der Waals surface area (Å²) in [5.74, 6) is 2.71. The van der Waals surface area contributed by atoms with Crippen LogP contribution in [0.1, 0.15) is 33.6 Å². The first kappa shape index (κ1) is 12.7. The molecule has 0 aromatic carbocycles. The van der Waals surface area contributed by atoms with Crippen LogP contribution in [0.2, 0.25) is 0 Å². The van der Waals surface area contributed by atoms with Crippen LogP contribution >= 0.6 is 11.8 Å². The first-order valence-electron chi connectivity index (χ1n) is 6.19. The molecule has 17 heavy (non-hydrogen) atoms. The van der Waals surface area contributed by atoms with Gasteiger partial charge in [0.05, 0.1) is 0 Å². The summed E-state index contributed by atoms with van der Waals surface area (Å²) >= 11 is 1.85. The van der Waals surface area contributed by atoms with Gasteiger partial charge in [-0.2, -0.15) is 11.8 Å². The van der Waals surface area contributed by atoms with Crippen molar-refractivity contribution >= 4 is 23.6 Å². The molecule has 4 nitrogen and oxygen atoms in total. The van der Waals surface area contributed by atoms with E-state index in [1.807, 2.05) is 11.8 Å². The van der Waals surface area contributed by atoms with E-state index < -0.39 is 5.54 Å². The molecule has 2 aliphatic rings. The monoisotopic (exact) mass is 255 g/mol. The van der Waals surface area contributed by atoms with E-state index in [1.165, 1.54) is 0 Å². The Morgan fingerprint density at radius 2 is 2.18 bits per heavy atom. The van der Waals surface area contributed by atoms with Crippen molar-refractivity contribution in [2.24, 2.45) is 10.4 Å². The van der Waals surface area contributed by atoms with E-state index in [-0.39, 0.29) is 11.3 Å². The summed E-state index contributed by atoms with van der Waals surface area (Å²) in [5.41, 5.74) is -0.230. The highest BCUT2D eigenvalue weighted by atomic mass is 32.2. The molecule has 0 saturated carbocycles. The Bertz CT molecular complexity index is 354. The van der Waals surface area contributed by atoms with Crippen molar-refractivity contribution in [2.45, 2.75) is 39.2 Å². The molecule has 2 N–H and O–H groups in total. The Morgan fingerprint density at radius 1 is 1.41 bits per heavy atom. The highest BCUT2D eigenvalue weighted by Gasteiger charge is 2.50. The van der Waals surface area contributed by atoms with E-state index in [0.29, 0.717) is 5.96 Å². The lowest BCUT2D eigenvalue weighted by Gasteiger charge is -2.40. The van der Waals surface area contributed by atoms with E-state index in [4.69, 9.17) is 0 Å². The van der Waals surface area contributed by atoms with Gasteiger partial charge in [0, 0.05) is 12.3 Å². The summed E-state index contributed by atoms with van der Waals surface area (Å²) < 4.78 is 0. The number of nitrogens with one attached hydrogen (secondary N) is 2. The molecule has 0 bridgehead atoms. The summed E-state index contributed by atoms with van der Waals surface area (Å²) in [4.78, 5) is 16.5. The number of nitrogens with zero attached hydrogens (tertiary/aromatic N) is 1. The molecule has 2 heterocycles. The molecule has 2 aliphatic heterocycles. The van der Waals surface area contributed by atoms with Crippen molar-refractivity contribution in [1.29, 1.82) is 0 Å². The predicted molar refractivity (Wildman–Crippen MR) is 72.3 cm³/mol. The molecule has 1 atom stereocenters. The molecule has 2 rings (SSSR count). The van der Waals surface area contributed by atoms with Gasteiger partial charge in [-0.05, 0) is 24.0 Å². The third kappa shape index (κ3) is 2.59. The van der Waals surface area contributed by atoms with Crippen LogP contribution in [0, 0.1) is 5.41 Å². The zero-order valence-electron chi connectivity index (χ0n) is 10.8. The summed E-state index contributed by atoms with van der Waals surface area (Å²) in [5, 5.41) is 6.19. The number of carbonyl (C=O) groups excluding carboxylic acids is 1. The topological polar surface area (TPSA) is 53.5 Å². The van der Waals surface area contributed by atoms with E-state index in [1.54, 1.807) is 0 Å². The molecule has 0 aromatic rings. The van der Waals surface area contributed by atoms with E-state index in [9.17, 15) is 4.79 Å². The van der Waals surface area contributed by atoms with Crippen molar-refractivity contribution in [3.63, 3.8) is 0 Å². The Kier molecular flexibility index (Phi) is 3.39. The maximum atomic E-state index is 12.1. The summed E-state index contributed by atoms with van der Waals surface area (Å²) in [6.07, 6.45) is 1.87. The fourth-order valence-corrected chi connectivity index (χ4v) is 3.90. The highest BCUT2D eigenvalue weighted by Crippen LogP contribution is 2.40. The average molecular weight is 255 g/mol. The maximum absolute atomic E-state index is 12.1. The second kappa shape index (κ2) is 4.52. The summed E-state index contributed by atoms with van der Waals surface area (Å²) in [6, 6.07) is 0. The molecule has 0 radical (unpaired) electrons. The number of thioether (sulfide) groups is 1. The number of hydrogen-bond acceptors (Lipinski definition) is 3. The molecule has 1 unspecified atom stereocenters. The highest BCUT2D eigenvalue weighted by molar-refractivity contribution is 7.99. The molecule has 1 amide bonds. The van der Waals surface area contributed by atoms with Gasteiger partial charge in [0.15, 0.2) is 5.96 Å².